The SMILES string of the molecule is CC1CCN(C2=NC3(CCC(C(C)(C)C)CC3)N([C@H](CCC(C)(C)C)c3ccc(C(=O)O)cc3)C2=O)CC1. The Hall–Kier alpha value is -2.37. The van der Waals surface area contributed by atoms with Crippen molar-refractivity contribution in [3.63, 3.8) is 0 Å². The van der Waals surface area contributed by atoms with Gasteiger partial charge in [0.05, 0.1) is 11.6 Å². The number of carboxylic acids is 1. The summed E-state index contributed by atoms with van der Waals surface area (Å²) in [5.74, 6) is 1.09. The summed E-state index contributed by atoms with van der Waals surface area (Å²) in [5, 5.41) is 9.48. The molecule has 0 aromatic heterocycles. The van der Waals surface area contributed by atoms with Gasteiger partial charge in [0.2, 0.25) is 0 Å². The summed E-state index contributed by atoms with van der Waals surface area (Å²) in [6.07, 6.45) is 7.85. The number of carbonyl (C=O) groups excluding carboxylic acids is 1. The first kappa shape index (κ1) is 28.6. The Bertz CT molecular complexity index is 1030. The van der Waals surface area contributed by atoms with E-state index in [-0.39, 0.29) is 28.3 Å². The smallest absolute Gasteiger partial charge is 0.335 e. The lowest BCUT2D eigenvalue weighted by Gasteiger charge is -2.47. The molecule has 1 spiro atoms. The van der Waals surface area contributed by atoms with Crippen LogP contribution in [0.2, 0.25) is 0 Å². The molecule has 1 aliphatic carbocycles. The largest absolute Gasteiger partial charge is 0.478 e. The summed E-state index contributed by atoms with van der Waals surface area (Å²) in [6, 6.07) is 7.05. The molecule has 1 aromatic carbocycles. The highest BCUT2D eigenvalue weighted by molar-refractivity contribution is 6.39. The van der Waals surface area contributed by atoms with Crippen LogP contribution in [0.5, 0.6) is 0 Å². The molecule has 1 saturated carbocycles. The van der Waals surface area contributed by atoms with Crippen molar-refractivity contribution in [2.75, 3.05) is 13.1 Å². The lowest BCUT2D eigenvalue weighted by atomic mass is 9.69. The van der Waals surface area contributed by atoms with Crippen LogP contribution in [0.15, 0.2) is 29.3 Å². The number of carbonyl (C=O) groups is 2. The monoisotopic (exact) mass is 523 g/mol. The molecule has 0 radical (unpaired) electrons. The van der Waals surface area contributed by atoms with Crippen molar-refractivity contribution in [3.05, 3.63) is 35.4 Å². The van der Waals surface area contributed by atoms with Gasteiger partial charge in [-0.2, -0.15) is 0 Å². The molecule has 1 saturated heterocycles. The molecular weight excluding hydrogens is 474 g/mol. The molecule has 38 heavy (non-hydrogen) atoms. The van der Waals surface area contributed by atoms with Gasteiger partial charge in [-0.25, -0.2) is 9.79 Å². The second-order valence-corrected chi connectivity index (χ2v) is 14.4. The minimum absolute atomic E-state index is 0.0648. The summed E-state index contributed by atoms with van der Waals surface area (Å²) in [4.78, 5) is 35.7. The predicted octanol–water partition coefficient (Wildman–Crippen LogP) is 7.16. The van der Waals surface area contributed by atoms with Gasteiger partial charge in [0, 0.05) is 13.1 Å². The highest BCUT2D eigenvalue weighted by Gasteiger charge is 2.53. The Morgan fingerprint density at radius 1 is 1.03 bits per heavy atom. The Balaban J connectivity index is 1.73. The molecule has 1 amide bonds. The van der Waals surface area contributed by atoms with Crippen molar-refractivity contribution in [2.45, 2.75) is 112 Å². The molecule has 1 N–H and O–H groups in total. The highest BCUT2D eigenvalue weighted by Crippen LogP contribution is 2.50. The number of hydrogen-bond acceptors (Lipinski definition) is 4. The minimum Gasteiger partial charge on any atom is -0.478 e. The van der Waals surface area contributed by atoms with E-state index in [1.807, 2.05) is 12.1 Å². The molecule has 0 bridgehead atoms. The number of amides is 1. The molecule has 2 fully saturated rings. The zero-order chi connectivity index (χ0) is 27.9. The molecule has 0 unspecified atom stereocenters. The third-order valence-electron chi connectivity index (χ3n) is 9.29. The molecule has 6 nitrogen and oxygen atoms in total. The average molecular weight is 524 g/mol. The standard InChI is InChI=1S/C32H49N3O3/c1-22-15-20-34(21-16-22)27-28(36)35(32(33-27)18-12-25(13-19-32)31(5,6)7)26(14-17-30(2,3)4)23-8-10-24(11-9-23)29(37)38/h8-11,22,25-26H,12-21H2,1-7H3,(H,37,38)/t25?,26-,32?/m1/s1. The molecule has 2 aliphatic heterocycles. The van der Waals surface area contributed by atoms with Crippen LogP contribution in [-0.2, 0) is 4.79 Å². The summed E-state index contributed by atoms with van der Waals surface area (Å²) in [6.45, 7) is 17.8. The van der Waals surface area contributed by atoms with Gasteiger partial charge in [-0.3, -0.25) is 4.79 Å². The summed E-state index contributed by atoms with van der Waals surface area (Å²) in [5.41, 5.74) is 1.12. The third-order valence-corrected chi connectivity index (χ3v) is 9.29. The quantitative estimate of drug-likeness (QED) is 0.444. The fourth-order valence-corrected chi connectivity index (χ4v) is 6.61. The first-order valence-electron chi connectivity index (χ1n) is 14.7. The summed E-state index contributed by atoms with van der Waals surface area (Å²) < 4.78 is 0. The molecular formula is C32H49N3O3. The topological polar surface area (TPSA) is 73.2 Å². The van der Waals surface area contributed by atoms with E-state index in [0.717, 1.165) is 70.0 Å². The van der Waals surface area contributed by atoms with Crippen LogP contribution >= 0.6 is 0 Å². The van der Waals surface area contributed by atoms with E-state index < -0.39 is 11.6 Å². The van der Waals surface area contributed by atoms with Gasteiger partial charge in [-0.15, -0.1) is 0 Å². The molecule has 4 rings (SSSR count). The van der Waals surface area contributed by atoms with Crippen molar-refractivity contribution in [1.29, 1.82) is 0 Å². The van der Waals surface area contributed by atoms with E-state index in [0.29, 0.717) is 17.7 Å². The number of rotatable bonds is 5. The fourth-order valence-electron chi connectivity index (χ4n) is 6.61. The third kappa shape index (κ3) is 6.10. The molecule has 2 heterocycles. The summed E-state index contributed by atoms with van der Waals surface area (Å²) in [7, 11) is 0. The van der Waals surface area contributed by atoms with Gasteiger partial charge in [0.15, 0.2) is 5.84 Å². The van der Waals surface area contributed by atoms with Crippen molar-refractivity contribution in [2.24, 2.45) is 27.7 Å². The fraction of sp³-hybridized carbons (Fsp3) is 0.719. The number of aliphatic imine (C=N–C) groups is 1. The van der Waals surface area contributed by atoms with Crippen LogP contribution in [0.4, 0.5) is 0 Å². The van der Waals surface area contributed by atoms with Crippen LogP contribution in [-0.4, -0.2) is 51.4 Å². The van der Waals surface area contributed by atoms with Crippen LogP contribution < -0.4 is 0 Å². The maximum absolute atomic E-state index is 14.4. The molecule has 3 aliphatic rings. The number of likely N-dealkylation sites (tertiary alicyclic amines) is 1. The van der Waals surface area contributed by atoms with Gasteiger partial charge < -0.3 is 14.9 Å². The van der Waals surface area contributed by atoms with Crippen molar-refractivity contribution >= 4 is 17.7 Å². The number of benzene rings is 1. The van der Waals surface area contributed by atoms with Crippen LogP contribution in [0.3, 0.4) is 0 Å². The highest BCUT2D eigenvalue weighted by atomic mass is 16.4. The predicted molar refractivity (Wildman–Crippen MR) is 153 cm³/mol. The number of carboxylic acid groups (broad SMARTS) is 1. The van der Waals surface area contributed by atoms with E-state index in [1.54, 1.807) is 12.1 Å². The van der Waals surface area contributed by atoms with Gasteiger partial charge in [-0.1, -0.05) is 60.6 Å². The molecule has 210 valence electrons. The zero-order valence-corrected chi connectivity index (χ0v) is 24.7. The van der Waals surface area contributed by atoms with Gasteiger partial charge >= 0.3 is 5.97 Å². The zero-order valence-electron chi connectivity index (χ0n) is 24.7. The van der Waals surface area contributed by atoms with Gasteiger partial charge in [0.25, 0.3) is 5.91 Å². The van der Waals surface area contributed by atoms with E-state index in [9.17, 15) is 14.7 Å². The molecule has 1 aromatic rings. The summed E-state index contributed by atoms with van der Waals surface area (Å²) >= 11 is 0. The number of hydrogen-bond donors (Lipinski definition) is 1. The van der Waals surface area contributed by atoms with E-state index in [4.69, 9.17) is 4.99 Å². The average Bonchev–Trinajstić information content (AvgIpc) is 3.11. The Morgan fingerprint density at radius 2 is 1.61 bits per heavy atom. The first-order chi connectivity index (χ1) is 17.7. The van der Waals surface area contributed by atoms with Gasteiger partial charge in [-0.05, 0) is 91.7 Å². The van der Waals surface area contributed by atoms with Gasteiger partial charge in [0.1, 0.15) is 5.66 Å². The first-order valence-corrected chi connectivity index (χ1v) is 14.7. The second kappa shape index (κ2) is 10.7. The minimum atomic E-state index is -0.929. The van der Waals surface area contributed by atoms with E-state index in [1.165, 1.54) is 0 Å². The number of aromatic carboxylic acids is 1. The second-order valence-electron chi connectivity index (χ2n) is 14.4. The van der Waals surface area contributed by atoms with Crippen LogP contribution in [0.25, 0.3) is 0 Å². The lowest BCUT2D eigenvalue weighted by molar-refractivity contribution is -0.134. The van der Waals surface area contributed by atoms with E-state index in [2.05, 4.69) is 58.3 Å². The number of piperidine rings is 1. The van der Waals surface area contributed by atoms with Crippen LogP contribution in [0, 0.1) is 22.7 Å². The maximum atomic E-state index is 14.4. The lowest BCUT2D eigenvalue weighted by Crippen LogP contribution is -2.52. The molecule has 6 heteroatoms. The normalized spacial score (nSPS) is 26.1. The Kier molecular flexibility index (Phi) is 8.03. The number of nitrogens with zero attached hydrogens (tertiary/aromatic N) is 3. The van der Waals surface area contributed by atoms with Crippen molar-refractivity contribution in [1.82, 2.24) is 9.80 Å². The van der Waals surface area contributed by atoms with Crippen molar-refractivity contribution < 1.29 is 14.7 Å². The number of amidine groups is 1. The molecule has 1 atom stereocenters. The maximum Gasteiger partial charge on any atom is 0.335 e. The van der Waals surface area contributed by atoms with E-state index >= 15 is 0 Å². The Labute approximate surface area is 229 Å². The van der Waals surface area contributed by atoms with Crippen molar-refractivity contribution in [3.8, 4) is 0 Å². The van der Waals surface area contributed by atoms with Crippen LogP contribution in [0.1, 0.15) is 122 Å². The Morgan fingerprint density at radius 3 is 2.11 bits per heavy atom.